The Labute approximate surface area is 179 Å². The zero-order valence-corrected chi connectivity index (χ0v) is 17.6. The molecule has 3 N–H and O–H groups in total. The smallest absolute Gasteiger partial charge is 0.269 e. The number of fused-ring (bicyclic) bond motifs is 3. The molecule has 30 heavy (non-hydrogen) atoms. The van der Waals surface area contributed by atoms with E-state index in [0.29, 0.717) is 17.3 Å². The molecule has 1 aromatic carbocycles. The summed E-state index contributed by atoms with van der Waals surface area (Å²) in [6.07, 6.45) is 3.25. The lowest BCUT2D eigenvalue weighted by Gasteiger charge is -2.07. The van der Waals surface area contributed by atoms with Gasteiger partial charge in [0.25, 0.3) is 11.5 Å². The van der Waals surface area contributed by atoms with E-state index < -0.39 is 11.7 Å². The van der Waals surface area contributed by atoms with Crippen molar-refractivity contribution >= 4 is 45.1 Å². The molecule has 4 rings (SSSR count). The molecule has 1 aliphatic rings. The van der Waals surface area contributed by atoms with Gasteiger partial charge >= 0.3 is 0 Å². The zero-order chi connectivity index (χ0) is 21.1. The van der Waals surface area contributed by atoms with Crippen LogP contribution in [0.5, 0.6) is 0 Å². The van der Waals surface area contributed by atoms with Crippen LogP contribution in [0.25, 0.3) is 10.2 Å². The Balaban J connectivity index is 1.23. The number of rotatable bonds is 6. The zero-order valence-electron chi connectivity index (χ0n) is 15.9. The van der Waals surface area contributed by atoms with Crippen molar-refractivity contribution in [2.75, 3.05) is 5.75 Å². The van der Waals surface area contributed by atoms with Crippen LogP contribution in [0, 0.1) is 5.82 Å². The highest BCUT2D eigenvalue weighted by atomic mass is 32.2. The number of thiophene rings is 1. The molecular formula is C20H19FN4O3S2. The Kier molecular flexibility index (Phi) is 6.14. The van der Waals surface area contributed by atoms with Gasteiger partial charge in [0.2, 0.25) is 5.91 Å². The van der Waals surface area contributed by atoms with Crippen molar-refractivity contribution in [1.29, 1.82) is 0 Å². The van der Waals surface area contributed by atoms with Gasteiger partial charge < -0.3 is 4.98 Å². The van der Waals surface area contributed by atoms with Gasteiger partial charge in [0.05, 0.1) is 11.1 Å². The van der Waals surface area contributed by atoms with Gasteiger partial charge in [-0.15, -0.1) is 11.3 Å². The highest BCUT2D eigenvalue weighted by molar-refractivity contribution is 7.98. The maximum absolute atomic E-state index is 12.9. The van der Waals surface area contributed by atoms with Crippen molar-refractivity contribution in [3.8, 4) is 0 Å². The van der Waals surface area contributed by atoms with Crippen LogP contribution in [0.1, 0.15) is 39.5 Å². The molecule has 0 fully saturated rings. The van der Waals surface area contributed by atoms with Crippen LogP contribution in [0.2, 0.25) is 0 Å². The molecule has 0 bridgehead atoms. The van der Waals surface area contributed by atoms with Crippen molar-refractivity contribution in [2.24, 2.45) is 0 Å². The minimum absolute atomic E-state index is 0.0868. The van der Waals surface area contributed by atoms with Crippen molar-refractivity contribution in [3.05, 3.63) is 62.3 Å². The normalized spacial score (nSPS) is 12.7. The largest absolute Gasteiger partial charge is 0.309 e. The second-order valence-electron chi connectivity index (χ2n) is 6.86. The van der Waals surface area contributed by atoms with E-state index in [-0.39, 0.29) is 23.5 Å². The van der Waals surface area contributed by atoms with E-state index in [2.05, 4.69) is 20.8 Å². The molecule has 0 atom stereocenters. The van der Waals surface area contributed by atoms with E-state index in [4.69, 9.17) is 0 Å². The molecule has 0 saturated heterocycles. The quantitative estimate of drug-likeness (QED) is 0.399. The minimum Gasteiger partial charge on any atom is -0.309 e. The molecule has 0 aliphatic heterocycles. The van der Waals surface area contributed by atoms with Crippen LogP contribution in [0.3, 0.4) is 0 Å². The molecule has 3 aromatic rings. The average molecular weight is 447 g/mol. The highest BCUT2D eigenvalue weighted by Crippen LogP contribution is 2.34. The topological polar surface area (TPSA) is 104 Å². The van der Waals surface area contributed by atoms with E-state index in [1.807, 2.05) is 0 Å². The van der Waals surface area contributed by atoms with Crippen LogP contribution in [-0.4, -0.2) is 27.5 Å². The maximum Gasteiger partial charge on any atom is 0.269 e. The van der Waals surface area contributed by atoms with Gasteiger partial charge in [0.15, 0.2) is 0 Å². The standard InChI is InChI=1S/C20H19FN4O3S2/c21-12-6-4-11(5-7-12)18(27)25-24-16(26)8-9-29-10-15-22-19(28)17-13-2-1-3-14(13)30-20(17)23-15/h4-7H,1-3,8-10H2,(H,24,26)(H,25,27)(H,22,23,28). The Morgan fingerprint density at radius 3 is 2.80 bits per heavy atom. The number of carbonyl (C=O) groups is 2. The summed E-state index contributed by atoms with van der Waals surface area (Å²) >= 11 is 3.07. The summed E-state index contributed by atoms with van der Waals surface area (Å²) in [5.41, 5.74) is 5.94. The molecule has 0 unspecified atom stereocenters. The Morgan fingerprint density at radius 2 is 2.00 bits per heavy atom. The Hall–Kier alpha value is -2.72. The molecule has 0 saturated carbocycles. The molecule has 0 radical (unpaired) electrons. The summed E-state index contributed by atoms with van der Waals surface area (Å²) in [7, 11) is 0. The van der Waals surface area contributed by atoms with Gasteiger partial charge in [-0.25, -0.2) is 9.37 Å². The fourth-order valence-corrected chi connectivity index (χ4v) is 5.40. The van der Waals surface area contributed by atoms with Crippen molar-refractivity contribution < 1.29 is 14.0 Å². The molecule has 0 spiro atoms. The predicted octanol–water partition coefficient (Wildman–Crippen LogP) is 2.70. The first kappa shape index (κ1) is 20.5. The van der Waals surface area contributed by atoms with Gasteiger partial charge in [0, 0.05) is 22.6 Å². The molecule has 7 nitrogen and oxygen atoms in total. The van der Waals surface area contributed by atoms with Gasteiger partial charge in [-0.1, -0.05) is 0 Å². The lowest BCUT2D eigenvalue weighted by atomic mass is 10.2. The number of aryl methyl sites for hydroxylation is 2. The predicted molar refractivity (Wildman–Crippen MR) is 115 cm³/mol. The summed E-state index contributed by atoms with van der Waals surface area (Å²) < 4.78 is 12.9. The summed E-state index contributed by atoms with van der Waals surface area (Å²) in [5, 5.41) is 0.734. The number of hydrogen-bond acceptors (Lipinski definition) is 6. The molecule has 2 amide bonds. The van der Waals surface area contributed by atoms with E-state index in [1.165, 1.54) is 40.9 Å². The van der Waals surface area contributed by atoms with Gasteiger partial charge in [-0.2, -0.15) is 11.8 Å². The van der Waals surface area contributed by atoms with Crippen LogP contribution < -0.4 is 16.4 Å². The summed E-state index contributed by atoms with van der Waals surface area (Å²) in [5.74, 6) is 0.288. The summed E-state index contributed by atoms with van der Waals surface area (Å²) in [4.78, 5) is 45.7. The Morgan fingerprint density at radius 1 is 1.20 bits per heavy atom. The lowest BCUT2D eigenvalue weighted by Crippen LogP contribution is -2.41. The van der Waals surface area contributed by atoms with Gasteiger partial charge in [0.1, 0.15) is 16.5 Å². The Bertz CT molecular complexity index is 1160. The second-order valence-corrected chi connectivity index (χ2v) is 9.05. The summed E-state index contributed by atoms with van der Waals surface area (Å²) in [6, 6.07) is 5.01. The third-order valence-corrected chi connectivity index (χ3v) is 6.91. The minimum atomic E-state index is -0.520. The third kappa shape index (κ3) is 4.54. The first-order valence-electron chi connectivity index (χ1n) is 9.47. The van der Waals surface area contributed by atoms with E-state index in [1.54, 1.807) is 11.3 Å². The monoisotopic (exact) mass is 446 g/mol. The number of hydrogen-bond donors (Lipinski definition) is 3. The number of nitrogens with zero attached hydrogens (tertiary/aromatic N) is 1. The van der Waals surface area contributed by atoms with Crippen LogP contribution >= 0.6 is 23.1 Å². The van der Waals surface area contributed by atoms with Crippen molar-refractivity contribution in [3.63, 3.8) is 0 Å². The van der Waals surface area contributed by atoms with E-state index in [0.717, 1.165) is 35.0 Å². The van der Waals surface area contributed by atoms with E-state index in [9.17, 15) is 18.8 Å². The van der Waals surface area contributed by atoms with Crippen molar-refractivity contribution in [2.45, 2.75) is 31.4 Å². The lowest BCUT2D eigenvalue weighted by molar-refractivity contribution is -0.121. The fourth-order valence-electron chi connectivity index (χ4n) is 3.31. The van der Waals surface area contributed by atoms with Crippen molar-refractivity contribution in [1.82, 2.24) is 20.8 Å². The maximum atomic E-state index is 12.9. The first-order chi connectivity index (χ1) is 14.5. The molecule has 2 heterocycles. The number of aromatic nitrogens is 2. The number of thioether (sulfide) groups is 1. The number of halogens is 1. The number of aromatic amines is 1. The van der Waals surface area contributed by atoms with Crippen LogP contribution in [0.4, 0.5) is 4.39 Å². The highest BCUT2D eigenvalue weighted by Gasteiger charge is 2.21. The second kappa shape index (κ2) is 8.97. The SMILES string of the molecule is O=C(CCSCc1nc2sc3c(c2c(=O)[nH]1)CCC3)NNC(=O)c1ccc(F)cc1. The van der Waals surface area contributed by atoms with E-state index >= 15 is 0 Å². The number of nitrogens with one attached hydrogen (secondary N) is 3. The molecule has 2 aromatic heterocycles. The van der Waals surface area contributed by atoms with Crippen LogP contribution in [-0.2, 0) is 23.4 Å². The average Bonchev–Trinajstić information content (AvgIpc) is 3.31. The number of amides is 2. The molecular weight excluding hydrogens is 427 g/mol. The number of hydrazine groups is 1. The van der Waals surface area contributed by atoms with Gasteiger partial charge in [-0.05, 0) is 49.1 Å². The number of benzene rings is 1. The fraction of sp³-hybridized carbons (Fsp3) is 0.300. The summed E-state index contributed by atoms with van der Waals surface area (Å²) in [6.45, 7) is 0. The molecule has 156 valence electrons. The van der Waals surface area contributed by atoms with Gasteiger partial charge in [-0.3, -0.25) is 25.2 Å². The molecule has 1 aliphatic carbocycles. The first-order valence-corrected chi connectivity index (χ1v) is 11.4. The van der Waals surface area contributed by atoms with Crippen LogP contribution in [0.15, 0.2) is 29.1 Å². The molecule has 10 heteroatoms. The number of H-pyrrole nitrogens is 1. The number of carbonyl (C=O) groups excluding carboxylic acids is 2. The third-order valence-electron chi connectivity index (χ3n) is 4.76.